The topological polar surface area (TPSA) is 72.8 Å². The van der Waals surface area contributed by atoms with E-state index < -0.39 is 0 Å². The van der Waals surface area contributed by atoms with Crippen molar-refractivity contribution in [1.82, 2.24) is 19.7 Å². The minimum Gasteiger partial charge on any atom is -0.462 e. The van der Waals surface area contributed by atoms with Gasteiger partial charge in [-0.05, 0) is 25.8 Å². The van der Waals surface area contributed by atoms with Gasteiger partial charge in [0.15, 0.2) is 11.0 Å². The number of rotatable bonds is 4. The number of thioether (sulfide) groups is 1. The van der Waals surface area contributed by atoms with Gasteiger partial charge >= 0.3 is 5.97 Å². The highest BCUT2D eigenvalue weighted by Crippen LogP contribution is 2.43. The van der Waals surface area contributed by atoms with Crippen molar-refractivity contribution in [2.24, 2.45) is 0 Å². The number of nitrogens with zero attached hydrogens (tertiary/aromatic N) is 3. The van der Waals surface area contributed by atoms with E-state index in [0.29, 0.717) is 6.04 Å². The van der Waals surface area contributed by atoms with Crippen LogP contribution in [0.4, 0.5) is 0 Å². The number of H-pyrrole nitrogens is 1. The number of esters is 1. The lowest BCUT2D eigenvalue weighted by Gasteiger charge is -2.09. The van der Waals surface area contributed by atoms with Crippen molar-refractivity contribution in [2.75, 3.05) is 0 Å². The molecule has 0 bridgehead atoms. The Kier molecular flexibility index (Phi) is 3.38. The number of carbonyl (C=O) groups excluding carboxylic acids is 1. The Bertz CT molecular complexity index is 959. The first kappa shape index (κ1) is 15.0. The number of aromatic nitrogens is 4. The first-order valence-electron chi connectivity index (χ1n) is 8.59. The highest BCUT2D eigenvalue weighted by atomic mass is 32.2. The van der Waals surface area contributed by atoms with E-state index in [0.717, 1.165) is 46.7 Å². The molecular weight excluding hydrogens is 336 g/mol. The summed E-state index contributed by atoms with van der Waals surface area (Å²) in [6.07, 6.45) is 4.96. The van der Waals surface area contributed by atoms with E-state index in [-0.39, 0.29) is 17.3 Å². The maximum absolute atomic E-state index is 12.0. The van der Waals surface area contributed by atoms with Crippen LogP contribution in [0.1, 0.15) is 32.2 Å². The molecule has 2 atom stereocenters. The highest BCUT2D eigenvalue weighted by Gasteiger charge is 2.37. The Balaban J connectivity index is 1.55. The SMILES string of the molecule is C[C@H]1C[C@@H](Sc2nnc(-c3c[nH]c4ccccc34)n2C2CC2)C(=O)O1. The summed E-state index contributed by atoms with van der Waals surface area (Å²) in [5.74, 6) is 0.735. The molecular formula is C18H18N4O2S. The molecule has 0 amide bonds. The van der Waals surface area contributed by atoms with Crippen molar-refractivity contribution < 1.29 is 9.53 Å². The molecule has 1 aromatic carbocycles. The van der Waals surface area contributed by atoms with E-state index >= 15 is 0 Å². The van der Waals surface area contributed by atoms with E-state index in [4.69, 9.17) is 4.74 Å². The van der Waals surface area contributed by atoms with Crippen LogP contribution in [0.3, 0.4) is 0 Å². The molecule has 1 saturated heterocycles. The zero-order chi connectivity index (χ0) is 17.0. The van der Waals surface area contributed by atoms with Crippen LogP contribution in [0.25, 0.3) is 22.3 Å². The molecule has 0 spiro atoms. The molecule has 2 fully saturated rings. The lowest BCUT2D eigenvalue weighted by atomic mass is 10.1. The number of cyclic esters (lactones) is 1. The Hall–Kier alpha value is -2.28. The van der Waals surface area contributed by atoms with Gasteiger partial charge in [-0.3, -0.25) is 9.36 Å². The molecule has 1 aliphatic heterocycles. The van der Waals surface area contributed by atoms with Gasteiger partial charge in [0, 0.05) is 35.1 Å². The summed E-state index contributed by atoms with van der Waals surface area (Å²) >= 11 is 1.49. The summed E-state index contributed by atoms with van der Waals surface area (Å²) in [5.41, 5.74) is 2.15. The highest BCUT2D eigenvalue weighted by molar-refractivity contribution is 8.00. The number of fused-ring (bicyclic) bond motifs is 1. The van der Waals surface area contributed by atoms with Gasteiger partial charge in [-0.2, -0.15) is 0 Å². The lowest BCUT2D eigenvalue weighted by Crippen LogP contribution is -2.11. The Morgan fingerprint density at radius 2 is 2.12 bits per heavy atom. The average Bonchev–Trinajstić information content (AvgIpc) is 3.08. The molecule has 25 heavy (non-hydrogen) atoms. The molecule has 3 aromatic rings. The van der Waals surface area contributed by atoms with E-state index in [2.05, 4.69) is 31.9 Å². The number of aromatic amines is 1. The van der Waals surface area contributed by atoms with Gasteiger partial charge in [0.05, 0.1) is 0 Å². The summed E-state index contributed by atoms with van der Waals surface area (Å²) in [7, 11) is 0. The molecule has 2 aliphatic rings. The lowest BCUT2D eigenvalue weighted by molar-refractivity contribution is -0.140. The Labute approximate surface area is 149 Å². The normalized spacial score (nSPS) is 23.3. The summed E-state index contributed by atoms with van der Waals surface area (Å²) in [5, 5.41) is 10.7. The largest absolute Gasteiger partial charge is 0.462 e. The van der Waals surface area contributed by atoms with Crippen molar-refractivity contribution >= 4 is 28.6 Å². The van der Waals surface area contributed by atoms with Crippen LogP contribution in [0, 0.1) is 0 Å². The average molecular weight is 354 g/mol. The first-order chi connectivity index (χ1) is 12.2. The van der Waals surface area contributed by atoms with E-state index in [1.54, 1.807) is 0 Å². The molecule has 0 unspecified atom stereocenters. The quantitative estimate of drug-likeness (QED) is 0.725. The van der Waals surface area contributed by atoms with E-state index in [9.17, 15) is 4.79 Å². The molecule has 1 saturated carbocycles. The van der Waals surface area contributed by atoms with Crippen molar-refractivity contribution in [2.45, 2.75) is 48.7 Å². The summed E-state index contributed by atoms with van der Waals surface area (Å²) in [6, 6.07) is 8.62. The van der Waals surface area contributed by atoms with Crippen molar-refractivity contribution in [3.63, 3.8) is 0 Å². The molecule has 1 aliphatic carbocycles. The van der Waals surface area contributed by atoms with Gasteiger partial charge < -0.3 is 9.72 Å². The minimum atomic E-state index is -0.187. The molecule has 3 heterocycles. The van der Waals surface area contributed by atoms with Crippen LogP contribution in [-0.4, -0.2) is 37.1 Å². The molecule has 6 nitrogen and oxygen atoms in total. The van der Waals surface area contributed by atoms with Gasteiger partial charge in [-0.1, -0.05) is 30.0 Å². The smallest absolute Gasteiger partial charge is 0.319 e. The first-order valence-corrected chi connectivity index (χ1v) is 9.47. The fourth-order valence-corrected chi connectivity index (χ4v) is 4.61. The van der Waals surface area contributed by atoms with Crippen LogP contribution in [-0.2, 0) is 9.53 Å². The second-order valence-corrected chi connectivity index (χ2v) is 7.91. The van der Waals surface area contributed by atoms with Gasteiger partial charge in [-0.25, -0.2) is 0 Å². The Morgan fingerprint density at radius 3 is 2.88 bits per heavy atom. The van der Waals surface area contributed by atoms with Gasteiger partial charge in [-0.15, -0.1) is 10.2 Å². The predicted octanol–water partition coefficient (Wildman–Crippen LogP) is 3.56. The number of carbonyl (C=O) groups is 1. The molecule has 0 radical (unpaired) electrons. The standard InChI is InChI=1S/C18H18N4O2S/c1-10-8-15(17(23)24-10)25-18-21-20-16(22(18)11-6-7-11)13-9-19-14-5-3-2-4-12(13)14/h2-5,9-11,15,19H,6-8H2,1H3/t10-,15+/m0/s1. The Morgan fingerprint density at radius 1 is 1.28 bits per heavy atom. The van der Waals surface area contributed by atoms with Crippen LogP contribution >= 0.6 is 11.8 Å². The van der Waals surface area contributed by atoms with Gasteiger partial charge in [0.2, 0.25) is 0 Å². The number of ether oxygens (including phenoxy) is 1. The molecule has 2 aromatic heterocycles. The third-order valence-electron chi connectivity index (χ3n) is 4.78. The van der Waals surface area contributed by atoms with Crippen molar-refractivity contribution in [1.29, 1.82) is 0 Å². The van der Waals surface area contributed by atoms with Crippen LogP contribution in [0.2, 0.25) is 0 Å². The fraction of sp³-hybridized carbons (Fsp3) is 0.389. The van der Waals surface area contributed by atoms with Crippen LogP contribution in [0.15, 0.2) is 35.6 Å². The summed E-state index contributed by atoms with van der Waals surface area (Å²) in [6.45, 7) is 1.93. The van der Waals surface area contributed by atoms with Gasteiger partial charge in [0.1, 0.15) is 11.4 Å². The predicted molar refractivity (Wildman–Crippen MR) is 95.4 cm³/mol. The number of hydrogen-bond acceptors (Lipinski definition) is 5. The second kappa shape index (κ2) is 5.62. The summed E-state index contributed by atoms with van der Waals surface area (Å²) in [4.78, 5) is 15.3. The fourth-order valence-electron chi connectivity index (χ4n) is 3.40. The minimum absolute atomic E-state index is 0.0182. The van der Waals surface area contributed by atoms with Gasteiger partial charge in [0.25, 0.3) is 0 Å². The number of nitrogens with one attached hydrogen (secondary N) is 1. The monoisotopic (exact) mass is 354 g/mol. The third kappa shape index (κ3) is 2.54. The number of benzene rings is 1. The van der Waals surface area contributed by atoms with E-state index in [1.165, 1.54) is 11.8 Å². The molecule has 128 valence electrons. The van der Waals surface area contributed by atoms with Crippen molar-refractivity contribution in [3.05, 3.63) is 30.5 Å². The van der Waals surface area contributed by atoms with E-state index in [1.807, 2.05) is 25.3 Å². The zero-order valence-corrected chi connectivity index (χ0v) is 14.6. The summed E-state index contributed by atoms with van der Waals surface area (Å²) < 4.78 is 7.48. The zero-order valence-electron chi connectivity index (χ0n) is 13.8. The maximum Gasteiger partial charge on any atom is 0.319 e. The number of hydrogen-bond donors (Lipinski definition) is 1. The molecule has 7 heteroatoms. The maximum atomic E-state index is 12.0. The number of para-hydroxylation sites is 1. The second-order valence-electron chi connectivity index (χ2n) is 6.74. The molecule has 5 rings (SSSR count). The molecule has 1 N–H and O–H groups in total. The van der Waals surface area contributed by atoms with Crippen molar-refractivity contribution in [3.8, 4) is 11.4 Å². The third-order valence-corrected chi connectivity index (χ3v) is 5.94. The van der Waals surface area contributed by atoms with Crippen LogP contribution < -0.4 is 0 Å². The van der Waals surface area contributed by atoms with Crippen LogP contribution in [0.5, 0.6) is 0 Å².